The van der Waals surface area contributed by atoms with Crippen molar-refractivity contribution in [1.29, 1.82) is 5.26 Å². The molecule has 1 rings (SSSR count). The van der Waals surface area contributed by atoms with E-state index in [9.17, 15) is 8.42 Å². The van der Waals surface area contributed by atoms with Crippen molar-refractivity contribution in [2.24, 2.45) is 0 Å². The summed E-state index contributed by atoms with van der Waals surface area (Å²) in [4.78, 5) is 0. The lowest BCUT2D eigenvalue weighted by Crippen LogP contribution is -2.41. The molecule has 1 fully saturated rings. The predicted octanol–water partition coefficient (Wildman–Crippen LogP) is 1.93. The fourth-order valence-electron chi connectivity index (χ4n) is 2.08. The molecule has 0 aliphatic heterocycles. The quantitative estimate of drug-likeness (QED) is 0.803. The zero-order chi connectivity index (χ0) is 12.0. The summed E-state index contributed by atoms with van der Waals surface area (Å²) in [7, 11) is -3.22. The minimum Gasteiger partial charge on any atom is -0.212 e. The summed E-state index contributed by atoms with van der Waals surface area (Å²) in [5, 5.41) is 8.35. The molecule has 4 nitrogen and oxygen atoms in total. The Morgan fingerprint density at radius 3 is 2.50 bits per heavy atom. The third kappa shape index (κ3) is 3.76. The van der Waals surface area contributed by atoms with Gasteiger partial charge in [-0.3, -0.25) is 0 Å². The van der Waals surface area contributed by atoms with Crippen molar-refractivity contribution in [3.05, 3.63) is 0 Å². The molecule has 0 amide bonds. The van der Waals surface area contributed by atoms with Gasteiger partial charge in [-0.15, -0.1) is 0 Å². The van der Waals surface area contributed by atoms with E-state index >= 15 is 0 Å². The highest BCUT2D eigenvalue weighted by Gasteiger charge is 2.28. The number of hydrogen-bond acceptors (Lipinski definition) is 3. The summed E-state index contributed by atoms with van der Waals surface area (Å²) >= 11 is 0. The van der Waals surface area contributed by atoms with Crippen molar-refractivity contribution in [3.8, 4) is 6.07 Å². The van der Waals surface area contributed by atoms with Crippen LogP contribution in [-0.2, 0) is 10.0 Å². The van der Waals surface area contributed by atoms with Crippen LogP contribution < -0.4 is 4.72 Å². The number of hydrogen-bond donors (Lipinski definition) is 1. The summed E-state index contributed by atoms with van der Waals surface area (Å²) in [5.74, 6) is 0. The van der Waals surface area contributed by atoms with Gasteiger partial charge in [-0.05, 0) is 19.3 Å². The van der Waals surface area contributed by atoms with Crippen molar-refractivity contribution in [2.45, 2.75) is 63.2 Å². The van der Waals surface area contributed by atoms with Gasteiger partial charge in [-0.25, -0.2) is 13.1 Å². The molecular formula is C11H20N2O2S. The first-order chi connectivity index (χ1) is 7.60. The van der Waals surface area contributed by atoms with E-state index < -0.39 is 10.0 Å². The lowest BCUT2D eigenvalue weighted by Gasteiger charge is -2.24. The van der Waals surface area contributed by atoms with Crippen LogP contribution in [0.15, 0.2) is 0 Å². The molecule has 1 N–H and O–H groups in total. The van der Waals surface area contributed by atoms with E-state index in [2.05, 4.69) is 4.72 Å². The van der Waals surface area contributed by atoms with Crippen LogP contribution in [0.1, 0.15) is 51.9 Å². The maximum Gasteiger partial charge on any atom is 0.214 e. The number of nitriles is 1. The number of nitrogens with one attached hydrogen (secondary N) is 1. The molecule has 0 aromatic rings. The Balaban J connectivity index is 2.59. The molecule has 1 aliphatic rings. The molecule has 16 heavy (non-hydrogen) atoms. The summed E-state index contributed by atoms with van der Waals surface area (Å²) in [6, 6.07) is 1.79. The van der Waals surface area contributed by atoms with E-state index in [-0.39, 0.29) is 17.7 Å². The smallest absolute Gasteiger partial charge is 0.212 e. The maximum absolute atomic E-state index is 12.0. The van der Waals surface area contributed by atoms with E-state index in [0.29, 0.717) is 6.42 Å². The summed E-state index contributed by atoms with van der Waals surface area (Å²) < 4.78 is 26.7. The highest BCUT2D eigenvalue weighted by atomic mass is 32.2. The van der Waals surface area contributed by atoms with Gasteiger partial charge < -0.3 is 0 Å². The molecule has 0 aromatic carbocycles. The number of rotatable bonds is 5. The minimum atomic E-state index is -3.22. The van der Waals surface area contributed by atoms with Crippen LogP contribution in [0.25, 0.3) is 0 Å². The Bertz CT molecular complexity index is 339. The molecule has 1 unspecified atom stereocenters. The van der Waals surface area contributed by atoms with Crippen molar-refractivity contribution < 1.29 is 8.42 Å². The highest BCUT2D eigenvalue weighted by molar-refractivity contribution is 7.90. The lowest BCUT2D eigenvalue weighted by molar-refractivity contribution is 0.468. The molecule has 0 radical (unpaired) electrons. The van der Waals surface area contributed by atoms with Crippen LogP contribution in [0, 0.1) is 11.3 Å². The van der Waals surface area contributed by atoms with Crippen molar-refractivity contribution >= 4 is 10.0 Å². The van der Waals surface area contributed by atoms with Gasteiger partial charge in [0.2, 0.25) is 10.0 Å². The molecule has 1 saturated carbocycles. The molecular weight excluding hydrogens is 224 g/mol. The zero-order valence-corrected chi connectivity index (χ0v) is 10.6. The second kappa shape index (κ2) is 6.21. The topological polar surface area (TPSA) is 70.0 Å². The first-order valence-electron chi connectivity index (χ1n) is 5.98. The van der Waals surface area contributed by atoms with E-state index in [4.69, 9.17) is 5.26 Å². The monoisotopic (exact) mass is 244 g/mol. The summed E-state index contributed by atoms with van der Waals surface area (Å²) in [6.07, 6.45) is 5.58. The van der Waals surface area contributed by atoms with E-state index in [0.717, 1.165) is 32.1 Å². The molecule has 1 aliphatic carbocycles. The summed E-state index contributed by atoms with van der Waals surface area (Å²) in [6.45, 7) is 1.89. The van der Waals surface area contributed by atoms with Crippen LogP contribution in [0.4, 0.5) is 0 Å². The van der Waals surface area contributed by atoms with Crippen molar-refractivity contribution in [3.63, 3.8) is 0 Å². The average molecular weight is 244 g/mol. The van der Waals surface area contributed by atoms with Gasteiger partial charge in [-0.1, -0.05) is 26.2 Å². The predicted molar refractivity (Wildman–Crippen MR) is 63.2 cm³/mol. The van der Waals surface area contributed by atoms with E-state index in [1.807, 2.05) is 13.0 Å². The van der Waals surface area contributed by atoms with Crippen LogP contribution in [0.3, 0.4) is 0 Å². The second-order valence-corrected chi connectivity index (χ2v) is 6.38. The summed E-state index contributed by atoms with van der Waals surface area (Å²) in [5.41, 5.74) is 0. The Hall–Kier alpha value is -0.600. The standard InChI is InChI=1S/C11H20N2O2S/c1-2-10(8-9-12)13-16(14,15)11-6-4-3-5-7-11/h10-11,13H,2-8H2,1H3. The van der Waals surface area contributed by atoms with Gasteiger partial charge >= 0.3 is 0 Å². The average Bonchev–Trinajstić information content (AvgIpc) is 2.29. The second-order valence-electron chi connectivity index (χ2n) is 4.39. The van der Waals surface area contributed by atoms with Crippen LogP contribution >= 0.6 is 0 Å². The van der Waals surface area contributed by atoms with Crippen LogP contribution in [-0.4, -0.2) is 19.7 Å². The third-order valence-electron chi connectivity index (χ3n) is 3.15. The molecule has 0 aromatic heterocycles. The molecule has 92 valence electrons. The SMILES string of the molecule is CCC(CC#N)NS(=O)(=O)C1CCCCC1. The van der Waals surface area contributed by atoms with Gasteiger partial charge in [0.15, 0.2) is 0 Å². The van der Waals surface area contributed by atoms with Gasteiger partial charge in [0, 0.05) is 6.04 Å². The van der Waals surface area contributed by atoms with Crippen molar-refractivity contribution in [1.82, 2.24) is 4.72 Å². The molecule has 0 saturated heterocycles. The Kier molecular flexibility index (Phi) is 5.23. The first-order valence-corrected chi connectivity index (χ1v) is 7.53. The lowest BCUT2D eigenvalue weighted by atomic mass is 10.0. The largest absolute Gasteiger partial charge is 0.214 e. The zero-order valence-electron chi connectivity index (χ0n) is 9.78. The number of sulfonamides is 1. The molecule has 5 heteroatoms. The normalized spacial score (nSPS) is 20.2. The van der Waals surface area contributed by atoms with Crippen LogP contribution in [0.2, 0.25) is 0 Å². The first kappa shape index (κ1) is 13.5. The fourth-order valence-corrected chi connectivity index (χ4v) is 3.94. The van der Waals surface area contributed by atoms with Crippen LogP contribution in [0.5, 0.6) is 0 Å². The highest BCUT2D eigenvalue weighted by Crippen LogP contribution is 2.23. The molecule has 0 spiro atoms. The number of nitrogens with zero attached hydrogens (tertiary/aromatic N) is 1. The maximum atomic E-state index is 12.0. The minimum absolute atomic E-state index is 0.225. The fraction of sp³-hybridized carbons (Fsp3) is 0.909. The van der Waals surface area contributed by atoms with Gasteiger partial charge in [0.1, 0.15) is 0 Å². The van der Waals surface area contributed by atoms with Gasteiger partial charge in [-0.2, -0.15) is 5.26 Å². The molecule has 0 heterocycles. The molecule has 0 bridgehead atoms. The molecule has 1 atom stereocenters. The van der Waals surface area contributed by atoms with Crippen molar-refractivity contribution in [2.75, 3.05) is 0 Å². The van der Waals surface area contributed by atoms with Gasteiger partial charge in [0.25, 0.3) is 0 Å². The van der Waals surface area contributed by atoms with Gasteiger partial charge in [0.05, 0.1) is 17.7 Å². The third-order valence-corrected chi connectivity index (χ3v) is 5.16. The van der Waals surface area contributed by atoms with E-state index in [1.165, 1.54) is 0 Å². The van der Waals surface area contributed by atoms with E-state index in [1.54, 1.807) is 0 Å². The Morgan fingerprint density at radius 1 is 1.38 bits per heavy atom. The Morgan fingerprint density at radius 2 is 2.00 bits per heavy atom. The Labute approximate surface area is 98.1 Å².